The lowest BCUT2D eigenvalue weighted by atomic mass is 10.0. The number of fused-ring (bicyclic) bond motifs is 1. The minimum absolute atomic E-state index is 0.0565. The first-order chi connectivity index (χ1) is 7.58. The molecular formula is C12H17N3O. The summed E-state index contributed by atoms with van der Waals surface area (Å²) in [4.78, 5) is 16.0. The van der Waals surface area contributed by atoms with E-state index in [-0.39, 0.29) is 11.9 Å². The van der Waals surface area contributed by atoms with Crippen molar-refractivity contribution in [3.8, 4) is 0 Å². The lowest BCUT2D eigenvalue weighted by molar-refractivity contribution is -0.116. The standard InChI is InChI=1S/C12H17N3O/c1-7(2)9-6-10(16)15-11-8(3)4-5-13-12(11)14-9/h4-5,7,9H,6H2,1-3H3,(H,13,14)(H,15,16). The third kappa shape index (κ3) is 2.01. The van der Waals surface area contributed by atoms with Gasteiger partial charge in [-0.15, -0.1) is 0 Å². The smallest absolute Gasteiger partial charge is 0.226 e. The van der Waals surface area contributed by atoms with E-state index in [0.29, 0.717) is 12.3 Å². The molecule has 2 rings (SSSR count). The molecule has 0 aliphatic carbocycles. The van der Waals surface area contributed by atoms with Crippen LogP contribution in [0.5, 0.6) is 0 Å². The zero-order valence-electron chi connectivity index (χ0n) is 9.87. The Bertz CT molecular complexity index is 415. The van der Waals surface area contributed by atoms with Crippen LogP contribution in [0, 0.1) is 12.8 Å². The van der Waals surface area contributed by atoms with Crippen molar-refractivity contribution in [1.82, 2.24) is 4.98 Å². The van der Waals surface area contributed by atoms with Crippen molar-refractivity contribution >= 4 is 17.4 Å². The Kier molecular flexibility index (Phi) is 2.81. The molecule has 1 aromatic heterocycles. The van der Waals surface area contributed by atoms with Crippen molar-refractivity contribution in [3.05, 3.63) is 17.8 Å². The number of nitrogens with zero attached hydrogens (tertiary/aromatic N) is 1. The van der Waals surface area contributed by atoms with Crippen LogP contribution in [0.2, 0.25) is 0 Å². The van der Waals surface area contributed by atoms with Gasteiger partial charge in [0, 0.05) is 18.7 Å². The van der Waals surface area contributed by atoms with E-state index in [4.69, 9.17) is 0 Å². The van der Waals surface area contributed by atoms with Crippen molar-refractivity contribution < 1.29 is 4.79 Å². The van der Waals surface area contributed by atoms with Crippen LogP contribution >= 0.6 is 0 Å². The van der Waals surface area contributed by atoms with Crippen LogP contribution in [0.4, 0.5) is 11.5 Å². The first-order valence-electron chi connectivity index (χ1n) is 5.60. The second-order valence-corrected chi connectivity index (χ2v) is 4.60. The molecule has 0 fully saturated rings. The van der Waals surface area contributed by atoms with Gasteiger partial charge in [-0.2, -0.15) is 0 Å². The Morgan fingerprint density at radius 1 is 1.50 bits per heavy atom. The minimum Gasteiger partial charge on any atom is -0.365 e. The molecule has 16 heavy (non-hydrogen) atoms. The summed E-state index contributed by atoms with van der Waals surface area (Å²) >= 11 is 0. The molecule has 1 unspecified atom stereocenters. The molecule has 0 bridgehead atoms. The summed E-state index contributed by atoms with van der Waals surface area (Å²) in [5.41, 5.74) is 1.85. The Labute approximate surface area is 95.5 Å². The van der Waals surface area contributed by atoms with E-state index < -0.39 is 0 Å². The van der Waals surface area contributed by atoms with Gasteiger partial charge in [-0.05, 0) is 24.5 Å². The van der Waals surface area contributed by atoms with Gasteiger partial charge in [-0.1, -0.05) is 13.8 Å². The highest BCUT2D eigenvalue weighted by molar-refractivity contribution is 5.96. The van der Waals surface area contributed by atoms with Crippen LogP contribution in [-0.2, 0) is 4.79 Å². The third-order valence-corrected chi connectivity index (χ3v) is 2.96. The first-order valence-corrected chi connectivity index (χ1v) is 5.60. The maximum absolute atomic E-state index is 11.7. The van der Waals surface area contributed by atoms with E-state index in [2.05, 4.69) is 29.5 Å². The van der Waals surface area contributed by atoms with Gasteiger partial charge in [0.15, 0.2) is 0 Å². The van der Waals surface area contributed by atoms with Crippen LogP contribution in [-0.4, -0.2) is 16.9 Å². The van der Waals surface area contributed by atoms with Gasteiger partial charge in [0.05, 0.1) is 5.69 Å². The van der Waals surface area contributed by atoms with Crippen LogP contribution < -0.4 is 10.6 Å². The fourth-order valence-electron chi connectivity index (χ4n) is 1.84. The molecular weight excluding hydrogens is 202 g/mol. The maximum Gasteiger partial charge on any atom is 0.226 e. The molecule has 2 N–H and O–H groups in total. The van der Waals surface area contributed by atoms with Gasteiger partial charge in [0.2, 0.25) is 5.91 Å². The van der Waals surface area contributed by atoms with E-state index in [9.17, 15) is 4.79 Å². The van der Waals surface area contributed by atoms with E-state index in [1.54, 1.807) is 6.20 Å². The number of aryl methyl sites for hydroxylation is 1. The first kappa shape index (κ1) is 10.9. The Morgan fingerprint density at radius 3 is 2.94 bits per heavy atom. The van der Waals surface area contributed by atoms with Crippen molar-refractivity contribution in [3.63, 3.8) is 0 Å². The molecule has 86 valence electrons. The van der Waals surface area contributed by atoms with Crippen LogP contribution in [0.15, 0.2) is 12.3 Å². The molecule has 0 radical (unpaired) electrons. The van der Waals surface area contributed by atoms with Crippen molar-refractivity contribution in [2.75, 3.05) is 10.6 Å². The zero-order valence-corrected chi connectivity index (χ0v) is 9.87. The van der Waals surface area contributed by atoms with E-state index >= 15 is 0 Å². The molecule has 0 spiro atoms. The molecule has 2 heterocycles. The fourth-order valence-corrected chi connectivity index (χ4v) is 1.84. The van der Waals surface area contributed by atoms with Gasteiger partial charge < -0.3 is 10.6 Å². The van der Waals surface area contributed by atoms with Gasteiger partial charge in [0.1, 0.15) is 5.82 Å². The highest BCUT2D eigenvalue weighted by Gasteiger charge is 2.24. The average molecular weight is 219 g/mol. The molecule has 0 saturated carbocycles. The predicted octanol–water partition coefficient (Wildman–Crippen LogP) is 2.17. The Balaban J connectivity index is 2.39. The molecule has 1 aliphatic rings. The predicted molar refractivity (Wildman–Crippen MR) is 64.5 cm³/mol. The van der Waals surface area contributed by atoms with E-state index in [1.807, 2.05) is 13.0 Å². The van der Waals surface area contributed by atoms with E-state index in [0.717, 1.165) is 17.1 Å². The summed E-state index contributed by atoms with van der Waals surface area (Å²) in [6.07, 6.45) is 2.25. The molecule has 0 aromatic carbocycles. The monoisotopic (exact) mass is 219 g/mol. The number of pyridine rings is 1. The number of amides is 1. The largest absolute Gasteiger partial charge is 0.365 e. The highest BCUT2D eigenvalue weighted by Crippen LogP contribution is 2.28. The second kappa shape index (κ2) is 4.12. The summed E-state index contributed by atoms with van der Waals surface area (Å²) in [6, 6.07) is 2.05. The van der Waals surface area contributed by atoms with Gasteiger partial charge in [-0.25, -0.2) is 4.98 Å². The maximum atomic E-state index is 11.7. The van der Waals surface area contributed by atoms with Crippen LogP contribution in [0.25, 0.3) is 0 Å². The summed E-state index contributed by atoms with van der Waals surface area (Å²) in [5.74, 6) is 1.24. The quantitative estimate of drug-likeness (QED) is 0.761. The van der Waals surface area contributed by atoms with Crippen molar-refractivity contribution in [2.45, 2.75) is 33.2 Å². The Morgan fingerprint density at radius 2 is 2.25 bits per heavy atom. The summed E-state index contributed by atoms with van der Waals surface area (Å²) < 4.78 is 0. The lowest BCUT2D eigenvalue weighted by Crippen LogP contribution is -2.28. The number of carbonyl (C=O) groups excluding carboxylic acids is 1. The molecule has 4 nitrogen and oxygen atoms in total. The van der Waals surface area contributed by atoms with Gasteiger partial charge in [-0.3, -0.25) is 4.79 Å². The topological polar surface area (TPSA) is 54.0 Å². The van der Waals surface area contributed by atoms with Gasteiger partial charge in [0.25, 0.3) is 0 Å². The van der Waals surface area contributed by atoms with Gasteiger partial charge >= 0.3 is 0 Å². The lowest BCUT2D eigenvalue weighted by Gasteiger charge is -2.19. The third-order valence-electron chi connectivity index (χ3n) is 2.96. The number of hydrogen-bond acceptors (Lipinski definition) is 3. The Hall–Kier alpha value is -1.58. The molecule has 4 heteroatoms. The second-order valence-electron chi connectivity index (χ2n) is 4.60. The summed E-state index contributed by atoms with van der Waals surface area (Å²) in [5, 5.41) is 6.25. The normalized spacial score (nSPS) is 19.8. The molecule has 1 aromatic rings. The summed E-state index contributed by atoms with van der Waals surface area (Å²) in [6.45, 7) is 6.18. The van der Waals surface area contributed by atoms with Crippen LogP contribution in [0.3, 0.4) is 0 Å². The number of anilines is 2. The fraction of sp³-hybridized carbons (Fsp3) is 0.500. The molecule has 1 atom stereocenters. The molecule has 1 amide bonds. The average Bonchev–Trinajstić information content (AvgIpc) is 2.38. The SMILES string of the molecule is Cc1ccnc2c1NC(=O)CC(C(C)C)N2. The highest BCUT2D eigenvalue weighted by atomic mass is 16.1. The molecule has 1 aliphatic heterocycles. The van der Waals surface area contributed by atoms with Crippen LogP contribution in [0.1, 0.15) is 25.8 Å². The molecule has 0 saturated heterocycles. The summed E-state index contributed by atoms with van der Waals surface area (Å²) in [7, 11) is 0. The van der Waals surface area contributed by atoms with E-state index in [1.165, 1.54) is 0 Å². The number of hydrogen-bond donors (Lipinski definition) is 2. The number of rotatable bonds is 1. The minimum atomic E-state index is 0.0565. The number of nitrogens with one attached hydrogen (secondary N) is 2. The number of aromatic nitrogens is 1. The zero-order chi connectivity index (χ0) is 11.7. The number of carbonyl (C=O) groups is 1. The van der Waals surface area contributed by atoms with Crippen molar-refractivity contribution in [1.29, 1.82) is 0 Å². The van der Waals surface area contributed by atoms with Crippen molar-refractivity contribution in [2.24, 2.45) is 5.92 Å².